The Bertz CT molecular complexity index is 1070. The minimum Gasteiger partial charge on any atom is -0.335 e. The Hall–Kier alpha value is -2.87. The van der Waals surface area contributed by atoms with Gasteiger partial charge in [0.2, 0.25) is 0 Å². The number of amides is 1. The van der Waals surface area contributed by atoms with E-state index in [0.29, 0.717) is 11.2 Å². The summed E-state index contributed by atoms with van der Waals surface area (Å²) < 4.78 is 23.2. The average Bonchev–Trinajstić information content (AvgIpc) is 2.67. The van der Waals surface area contributed by atoms with Gasteiger partial charge in [-0.3, -0.25) is 14.8 Å². The van der Waals surface area contributed by atoms with E-state index in [-0.39, 0.29) is 30.5 Å². The third-order valence-electron chi connectivity index (χ3n) is 4.45. The van der Waals surface area contributed by atoms with Crippen molar-refractivity contribution in [3.63, 3.8) is 0 Å². The lowest BCUT2D eigenvalue weighted by molar-refractivity contribution is 0.0765. The molecule has 1 fully saturated rings. The summed E-state index contributed by atoms with van der Waals surface area (Å²) >= 11 is 0. The van der Waals surface area contributed by atoms with Crippen molar-refractivity contribution in [2.24, 2.45) is 0 Å². The number of hydrogen-bond acceptors (Lipinski definition) is 6. The van der Waals surface area contributed by atoms with E-state index in [1.807, 2.05) is 12.1 Å². The van der Waals surface area contributed by atoms with E-state index >= 15 is 0 Å². The van der Waals surface area contributed by atoms with Crippen LogP contribution < -0.4 is 0 Å². The summed E-state index contributed by atoms with van der Waals surface area (Å²) in [5.74, 6) is -0.269. The third kappa shape index (κ3) is 3.15. The quantitative estimate of drug-likeness (QED) is 0.681. The molecule has 1 amide bonds. The third-order valence-corrected chi connectivity index (χ3v) is 6.06. The first-order chi connectivity index (χ1) is 12.5. The van der Waals surface area contributed by atoms with Crippen LogP contribution in [0.4, 0.5) is 0 Å². The molecule has 0 spiro atoms. The molecule has 3 aromatic rings. The smallest absolute Gasteiger partial charge is 0.272 e. The minimum atomic E-state index is -3.05. The summed E-state index contributed by atoms with van der Waals surface area (Å²) in [5, 5.41) is 0.844. The Labute approximate surface area is 150 Å². The topological polar surface area (TPSA) is 93.1 Å². The molecule has 0 aromatic carbocycles. The lowest BCUT2D eigenvalue weighted by Gasteiger charge is -2.26. The second-order valence-electron chi connectivity index (χ2n) is 6.13. The first-order valence-electron chi connectivity index (χ1n) is 8.18. The zero-order valence-corrected chi connectivity index (χ0v) is 14.7. The highest BCUT2D eigenvalue weighted by atomic mass is 32.2. The van der Waals surface area contributed by atoms with Crippen LogP contribution in [-0.4, -0.2) is 58.8 Å². The number of nitrogens with zero attached hydrogens (tertiary/aromatic N) is 4. The lowest BCUT2D eigenvalue weighted by atomic mass is 10.0. The molecule has 4 heterocycles. The van der Waals surface area contributed by atoms with Gasteiger partial charge >= 0.3 is 0 Å². The maximum atomic E-state index is 12.9. The van der Waals surface area contributed by atoms with Crippen molar-refractivity contribution < 1.29 is 13.2 Å². The van der Waals surface area contributed by atoms with Crippen molar-refractivity contribution in [1.29, 1.82) is 0 Å². The van der Waals surface area contributed by atoms with Gasteiger partial charge in [0.05, 0.1) is 17.0 Å². The van der Waals surface area contributed by atoms with Crippen LogP contribution in [0.25, 0.3) is 22.0 Å². The van der Waals surface area contributed by atoms with Gasteiger partial charge in [0.25, 0.3) is 5.91 Å². The average molecular weight is 368 g/mol. The summed E-state index contributed by atoms with van der Waals surface area (Å²) in [5.41, 5.74) is 2.73. The van der Waals surface area contributed by atoms with Crippen molar-refractivity contribution in [2.75, 3.05) is 24.6 Å². The molecule has 132 valence electrons. The first kappa shape index (κ1) is 16.6. The van der Waals surface area contributed by atoms with Crippen LogP contribution in [0.3, 0.4) is 0 Å². The molecule has 4 rings (SSSR count). The van der Waals surface area contributed by atoms with E-state index in [0.717, 1.165) is 16.5 Å². The lowest BCUT2D eigenvalue weighted by Crippen LogP contribution is -2.44. The predicted octanol–water partition coefficient (Wildman–Crippen LogP) is 1.56. The van der Waals surface area contributed by atoms with Crippen LogP contribution in [0.1, 0.15) is 10.5 Å². The molecule has 0 aliphatic carbocycles. The normalized spacial score (nSPS) is 16.5. The van der Waals surface area contributed by atoms with Gasteiger partial charge < -0.3 is 4.90 Å². The van der Waals surface area contributed by atoms with E-state index in [2.05, 4.69) is 15.0 Å². The van der Waals surface area contributed by atoms with Crippen molar-refractivity contribution in [3.05, 3.63) is 54.7 Å². The van der Waals surface area contributed by atoms with Gasteiger partial charge in [-0.15, -0.1) is 0 Å². The number of sulfone groups is 1. The molecule has 3 aromatic heterocycles. The highest BCUT2D eigenvalue weighted by Crippen LogP contribution is 2.28. The second-order valence-corrected chi connectivity index (χ2v) is 8.43. The highest BCUT2D eigenvalue weighted by Gasteiger charge is 2.27. The van der Waals surface area contributed by atoms with Gasteiger partial charge in [0, 0.05) is 43.3 Å². The minimum absolute atomic E-state index is 0.00649. The van der Waals surface area contributed by atoms with E-state index in [1.54, 1.807) is 41.8 Å². The van der Waals surface area contributed by atoms with Crippen molar-refractivity contribution in [2.45, 2.75) is 0 Å². The van der Waals surface area contributed by atoms with Crippen molar-refractivity contribution in [3.8, 4) is 11.1 Å². The van der Waals surface area contributed by atoms with Crippen molar-refractivity contribution >= 4 is 26.6 Å². The molecule has 1 aliphatic heterocycles. The summed E-state index contributed by atoms with van der Waals surface area (Å²) in [6.45, 7) is 0.392. The Kier molecular flexibility index (Phi) is 4.12. The molecule has 7 nitrogen and oxygen atoms in total. The summed E-state index contributed by atoms with van der Waals surface area (Å²) in [6.07, 6.45) is 6.73. The monoisotopic (exact) mass is 368 g/mol. The van der Waals surface area contributed by atoms with Crippen LogP contribution in [0.2, 0.25) is 0 Å². The molecule has 0 unspecified atom stereocenters. The largest absolute Gasteiger partial charge is 0.335 e. The van der Waals surface area contributed by atoms with Crippen LogP contribution in [-0.2, 0) is 9.84 Å². The van der Waals surface area contributed by atoms with Gasteiger partial charge in [0.1, 0.15) is 5.69 Å². The van der Waals surface area contributed by atoms with Crippen LogP contribution in [0.15, 0.2) is 49.1 Å². The number of hydrogen-bond donors (Lipinski definition) is 0. The van der Waals surface area contributed by atoms with E-state index in [9.17, 15) is 13.2 Å². The number of carbonyl (C=O) groups is 1. The van der Waals surface area contributed by atoms with Crippen LogP contribution >= 0.6 is 0 Å². The number of carbonyl (C=O) groups excluding carboxylic acids is 1. The molecule has 0 bridgehead atoms. The van der Waals surface area contributed by atoms with Gasteiger partial charge in [-0.05, 0) is 35.4 Å². The number of fused-ring (bicyclic) bond motifs is 1. The maximum absolute atomic E-state index is 12.9. The van der Waals surface area contributed by atoms with E-state index in [1.165, 1.54) is 0 Å². The maximum Gasteiger partial charge on any atom is 0.272 e. The molecule has 1 saturated heterocycles. The fourth-order valence-electron chi connectivity index (χ4n) is 3.03. The molecule has 1 aliphatic rings. The Morgan fingerprint density at radius 3 is 2.42 bits per heavy atom. The van der Waals surface area contributed by atoms with Gasteiger partial charge in [0.15, 0.2) is 9.84 Å². The summed E-state index contributed by atoms with van der Waals surface area (Å²) in [7, 11) is -3.05. The second kappa shape index (κ2) is 6.45. The zero-order valence-electron chi connectivity index (χ0n) is 13.9. The number of rotatable bonds is 2. The fourth-order valence-corrected chi connectivity index (χ4v) is 4.23. The molecule has 0 N–H and O–H groups in total. The molecular weight excluding hydrogens is 352 g/mol. The predicted molar refractivity (Wildman–Crippen MR) is 97.3 cm³/mol. The molecule has 8 heteroatoms. The standard InChI is InChI=1S/C18H16N4O3S/c23-18(22-7-9-26(24,25)10-8-22)17-11-14(13-1-4-19-5-2-13)15-12-20-6-3-16(15)21-17/h1-6,11-12H,7-10H2. The number of pyridine rings is 3. The van der Waals surface area contributed by atoms with Gasteiger partial charge in [-0.2, -0.15) is 0 Å². The zero-order chi connectivity index (χ0) is 18.1. The molecule has 0 atom stereocenters. The Balaban J connectivity index is 1.78. The molecule has 0 radical (unpaired) electrons. The fraction of sp³-hybridized carbons (Fsp3) is 0.222. The molecular formula is C18H16N4O3S. The molecule has 26 heavy (non-hydrogen) atoms. The Morgan fingerprint density at radius 2 is 1.69 bits per heavy atom. The first-order valence-corrected chi connectivity index (χ1v) is 10.0. The summed E-state index contributed by atoms with van der Waals surface area (Å²) in [6, 6.07) is 7.23. The van der Waals surface area contributed by atoms with Crippen LogP contribution in [0, 0.1) is 0 Å². The van der Waals surface area contributed by atoms with Gasteiger partial charge in [-0.25, -0.2) is 13.4 Å². The molecule has 0 saturated carbocycles. The van der Waals surface area contributed by atoms with Crippen molar-refractivity contribution in [1.82, 2.24) is 19.9 Å². The highest BCUT2D eigenvalue weighted by molar-refractivity contribution is 7.91. The van der Waals surface area contributed by atoms with E-state index < -0.39 is 9.84 Å². The van der Waals surface area contributed by atoms with Gasteiger partial charge in [-0.1, -0.05) is 0 Å². The van der Waals surface area contributed by atoms with E-state index in [4.69, 9.17) is 0 Å². The Morgan fingerprint density at radius 1 is 1.00 bits per heavy atom. The number of aromatic nitrogens is 3. The SMILES string of the molecule is O=C(c1cc(-c2ccncc2)c2cnccc2n1)N1CCS(=O)(=O)CC1. The summed E-state index contributed by atoms with van der Waals surface area (Å²) in [4.78, 5) is 27.1. The van der Waals surface area contributed by atoms with Crippen LogP contribution in [0.5, 0.6) is 0 Å².